The second-order valence-corrected chi connectivity index (χ2v) is 6.77. The molecule has 1 atom stereocenters. The van der Waals surface area contributed by atoms with Gasteiger partial charge >= 0.3 is 0 Å². The molecular weight excluding hydrogens is 320 g/mol. The van der Waals surface area contributed by atoms with Crippen molar-refractivity contribution in [3.63, 3.8) is 0 Å². The van der Waals surface area contributed by atoms with Crippen LogP contribution >= 0.6 is 38.9 Å². The first kappa shape index (κ1) is 12.9. The summed E-state index contributed by atoms with van der Waals surface area (Å²) in [5.41, 5.74) is 2.24. The number of methoxy groups -OCH3 is 1. The van der Waals surface area contributed by atoms with Crippen LogP contribution < -0.4 is 4.74 Å². The van der Waals surface area contributed by atoms with Crippen LogP contribution in [0.2, 0.25) is 0 Å². The van der Waals surface area contributed by atoms with Gasteiger partial charge in [-0.1, -0.05) is 12.1 Å². The molecule has 0 aliphatic carbocycles. The van der Waals surface area contributed by atoms with Gasteiger partial charge in [0.25, 0.3) is 0 Å². The fourth-order valence-corrected chi connectivity index (χ4v) is 3.85. The van der Waals surface area contributed by atoms with Crippen molar-refractivity contribution in [1.29, 1.82) is 0 Å². The van der Waals surface area contributed by atoms with Gasteiger partial charge in [-0.3, -0.25) is 0 Å². The first-order valence-electron chi connectivity index (χ1n) is 5.15. The minimum Gasteiger partial charge on any atom is -0.497 e. The second kappa shape index (κ2) is 5.42. The number of hydrogen-bond donors (Lipinski definition) is 0. The summed E-state index contributed by atoms with van der Waals surface area (Å²) in [6.45, 7) is 2.09. The van der Waals surface area contributed by atoms with E-state index in [0.29, 0.717) is 0 Å². The van der Waals surface area contributed by atoms with Gasteiger partial charge in [-0.2, -0.15) is 0 Å². The van der Waals surface area contributed by atoms with Crippen LogP contribution in [0.1, 0.15) is 21.4 Å². The van der Waals surface area contributed by atoms with Gasteiger partial charge < -0.3 is 4.74 Å². The molecule has 0 amide bonds. The SMILES string of the molecule is COc1ccc(C(Cl)c2cc(Br)sc2C)cc1. The summed E-state index contributed by atoms with van der Waals surface area (Å²) < 4.78 is 6.25. The third-order valence-electron chi connectivity index (χ3n) is 2.61. The number of hydrogen-bond acceptors (Lipinski definition) is 2. The molecule has 1 heterocycles. The molecule has 0 bridgehead atoms. The van der Waals surface area contributed by atoms with E-state index in [1.54, 1.807) is 18.4 Å². The van der Waals surface area contributed by atoms with Crippen LogP contribution in [0.5, 0.6) is 5.75 Å². The maximum absolute atomic E-state index is 6.49. The number of rotatable bonds is 3. The van der Waals surface area contributed by atoms with E-state index in [4.69, 9.17) is 16.3 Å². The number of aryl methyl sites for hydroxylation is 1. The van der Waals surface area contributed by atoms with Crippen LogP contribution in [0.25, 0.3) is 0 Å². The predicted molar refractivity (Wildman–Crippen MR) is 77.4 cm³/mol. The zero-order chi connectivity index (χ0) is 12.4. The lowest BCUT2D eigenvalue weighted by Crippen LogP contribution is -1.93. The Morgan fingerprint density at radius 3 is 2.41 bits per heavy atom. The van der Waals surface area contributed by atoms with E-state index in [9.17, 15) is 0 Å². The molecule has 1 unspecified atom stereocenters. The lowest BCUT2D eigenvalue weighted by atomic mass is 10.1. The molecule has 0 radical (unpaired) electrons. The number of ether oxygens (including phenoxy) is 1. The summed E-state index contributed by atoms with van der Waals surface area (Å²) in [6.07, 6.45) is 0. The van der Waals surface area contributed by atoms with Gasteiger partial charge in [0.2, 0.25) is 0 Å². The van der Waals surface area contributed by atoms with Gasteiger partial charge in [0.1, 0.15) is 5.75 Å². The maximum atomic E-state index is 6.49. The Kier molecular flexibility index (Phi) is 4.13. The summed E-state index contributed by atoms with van der Waals surface area (Å²) in [5.74, 6) is 0.848. The van der Waals surface area contributed by atoms with E-state index in [1.165, 1.54) is 4.88 Å². The molecule has 0 saturated carbocycles. The monoisotopic (exact) mass is 330 g/mol. The van der Waals surface area contributed by atoms with E-state index < -0.39 is 0 Å². The summed E-state index contributed by atoms with van der Waals surface area (Å²) in [4.78, 5) is 1.24. The Morgan fingerprint density at radius 2 is 1.94 bits per heavy atom. The standard InChI is InChI=1S/C13H12BrClOS/c1-8-11(7-12(14)17-8)13(15)9-3-5-10(16-2)6-4-9/h3-7,13H,1-2H3. The normalized spacial score (nSPS) is 12.5. The van der Waals surface area contributed by atoms with E-state index in [-0.39, 0.29) is 5.38 Å². The summed E-state index contributed by atoms with van der Waals surface area (Å²) in [5, 5.41) is -0.108. The van der Waals surface area contributed by atoms with Crippen LogP contribution in [0.15, 0.2) is 34.1 Å². The number of halogens is 2. The van der Waals surface area contributed by atoms with Crippen LogP contribution in [0.4, 0.5) is 0 Å². The van der Waals surface area contributed by atoms with Crippen molar-refractivity contribution in [2.24, 2.45) is 0 Å². The highest BCUT2D eigenvalue weighted by molar-refractivity contribution is 9.11. The lowest BCUT2D eigenvalue weighted by Gasteiger charge is -2.10. The van der Waals surface area contributed by atoms with Crippen LogP contribution in [-0.2, 0) is 0 Å². The molecule has 0 fully saturated rings. The maximum Gasteiger partial charge on any atom is 0.118 e. The molecule has 0 saturated heterocycles. The highest BCUT2D eigenvalue weighted by Crippen LogP contribution is 2.37. The Labute approximate surface area is 119 Å². The van der Waals surface area contributed by atoms with E-state index in [2.05, 4.69) is 28.9 Å². The number of alkyl halides is 1. The summed E-state index contributed by atoms with van der Waals surface area (Å²) >= 11 is 11.7. The Balaban J connectivity index is 2.30. The molecule has 0 N–H and O–H groups in total. The third-order valence-corrected chi connectivity index (χ3v) is 4.66. The zero-order valence-electron chi connectivity index (χ0n) is 9.54. The van der Waals surface area contributed by atoms with Crippen LogP contribution in [-0.4, -0.2) is 7.11 Å². The molecule has 1 nitrogen and oxygen atoms in total. The van der Waals surface area contributed by atoms with Crippen molar-refractivity contribution < 1.29 is 4.74 Å². The van der Waals surface area contributed by atoms with Gasteiger partial charge in [0.15, 0.2) is 0 Å². The zero-order valence-corrected chi connectivity index (χ0v) is 12.7. The minimum absolute atomic E-state index is 0.108. The van der Waals surface area contributed by atoms with Gasteiger partial charge in [-0.15, -0.1) is 22.9 Å². The van der Waals surface area contributed by atoms with Crippen LogP contribution in [0, 0.1) is 6.92 Å². The van der Waals surface area contributed by atoms with Gasteiger partial charge in [0.05, 0.1) is 16.3 Å². The van der Waals surface area contributed by atoms with Crippen LogP contribution in [0.3, 0.4) is 0 Å². The average molecular weight is 332 g/mol. The third kappa shape index (κ3) is 2.84. The first-order chi connectivity index (χ1) is 8.11. The quantitative estimate of drug-likeness (QED) is 0.706. The molecule has 17 heavy (non-hydrogen) atoms. The van der Waals surface area contributed by atoms with Gasteiger partial charge in [-0.25, -0.2) is 0 Å². The Morgan fingerprint density at radius 1 is 1.29 bits per heavy atom. The molecule has 2 rings (SSSR count). The molecule has 2 aromatic rings. The first-order valence-corrected chi connectivity index (χ1v) is 7.20. The van der Waals surface area contributed by atoms with Crippen molar-refractivity contribution in [1.82, 2.24) is 0 Å². The molecule has 1 aromatic carbocycles. The lowest BCUT2D eigenvalue weighted by molar-refractivity contribution is 0.414. The minimum atomic E-state index is -0.108. The fraction of sp³-hybridized carbons (Fsp3) is 0.231. The van der Waals surface area contributed by atoms with E-state index in [1.807, 2.05) is 24.3 Å². The molecular formula is C13H12BrClOS. The number of benzene rings is 1. The number of thiophene rings is 1. The van der Waals surface area contributed by atoms with Crippen molar-refractivity contribution >= 4 is 38.9 Å². The largest absolute Gasteiger partial charge is 0.497 e. The molecule has 4 heteroatoms. The summed E-state index contributed by atoms with van der Waals surface area (Å²) in [7, 11) is 1.66. The fourth-order valence-electron chi connectivity index (χ4n) is 1.66. The molecule has 1 aromatic heterocycles. The smallest absolute Gasteiger partial charge is 0.118 e. The van der Waals surface area contributed by atoms with E-state index in [0.717, 1.165) is 20.7 Å². The Bertz CT molecular complexity index is 507. The highest BCUT2D eigenvalue weighted by atomic mass is 79.9. The topological polar surface area (TPSA) is 9.23 Å². The van der Waals surface area contributed by atoms with E-state index >= 15 is 0 Å². The highest BCUT2D eigenvalue weighted by Gasteiger charge is 2.15. The summed E-state index contributed by atoms with van der Waals surface area (Å²) in [6, 6.07) is 9.95. The second-order valence-electron chi connectivity index (χ2n) is 3.70. The van der Waals surface area contributed by atoms with Gasteiger partial charge in [-0.05, 0) is 52.2 Å². The molecule has 0 spiro atoms. The Hall–Kier alpha value is -0.510. The van der Waals surface area contributed by atoms with Crippen molar-refractivity contribution in [2.75, 3.05) is 7.11 Å². The van der Waals surface area contributed by atoms with Crippen molar-refractivity contribution in [3.8, 4) is 5.75 Å². The van der Waals surface area contributed by atoms with Gasteiger partial charge in [0, 0.05) is 4.88 Å². The molecule has 0 aliphatic heterocycles. The molecule has 90 valence electrons. The van der Waals surface area contributed by atoms with Crippen molar-refractivity contribution in [3.05, 3.63) is 50.1 Å². The average Bonchev–Trinajstić information content (AvgIpc) is 2.68. The molecule has 0 aliphatic rings. The van der Waals surface area contributed by atoms with Crippen molar-refractivity contribution in [2.45, 2.75) is 12.3 Å². The predicted octanol–water partition coefficient (Wildman–Crippen LogP) is 5.16.